The molecule has 0 radical (unpaired) electrons. The van der Waals surface area contributed by atoms with Crippen molar-refractivity contribution in [3.8, 4) is 0 Å². The summed E-state index contributed by atoms with van der Waals surface area (Å²) < 4.78 is 0. The second-order valence-electron chi connectivity index (χ2n) is 0.879. The van der Waals surface area contributed by atoms with Crippen molar-refractivity contribution < 1.29 is 9.59 Å². The van der Waals surface area contributed by atoms with Crippen LogP contribution in [0.1, 0.15) is 0 Å². The molecule has 0 aromatic carbocycles. The number of hydrogen-bond acceptors (Lipinski definition) is 2. The first-order chi connectivity index (χ1) is 3.35. The fourth-order valence-electron chi connectivity index (χ4n) is 0.114. The molecule has 2 nitrogen and oxygen atoms in total. The molecule has 2 heteroatoms. The van der Waals surface area contributed by atoms with E-state index in [1.807, 2.05) is 0 Å². The van der Waals surface area contributed by atoms with Crippen LogP contribution < -0.4 is 0 Å². The highest BCUT2D eigenvalue weighted by atomic mass is 16.1. The molecule has 0 N–H and O–H groups in total. The molecule has 0 saturated heterocycles. The molecule has 0 aliphatic carbocycles. The lowest BCUT2D eigenvalue weighted by atomic mass is 10.3. The standard InChI is InChI=1S/C5H4O2/c1-2-5(3-6)4-7/h2-3H,1H2. The summed E-state index contributed by atoms with van der Waals surface area (Å²) in [5.41, 5.74) is -0.0417. The monoisotopic (exact) mass is 96.0 g/mol. The van der Waals surface area contributed by atoms with E-state index >= 15 is 0 Å². The molecule has 0 bridgehead atoms. The van der Waals surface area contributed by atoms with Crippen molar-refractivity contribution >= 4 is 12.2 Å². The fraction of sp³-hybridized carbons (Fsp3) is 0. The van der Waals surface area contributed by atoms with Gasteiger partial charge in [0.1, 0.15) is 5.94 Å². The van der Waals surface area contributed by atoms with Gasteiger partial charge in [-0.2, -0.15) is 0 Å². The van der Waals surface area contributed by atoms with Crippen molar-refractivity contribution in [3.63, 3.8) is 0 Å². The van der Waals surface area contributed by atoms with Gasteiger partial charge in [0, 0.05) is 0 Å². The Bertz CT molecular complexity index is 119. The molecule has 7 heavy (non-hydrogen) atoms. The SMILES string of the molecule is C=CC(=C=O)C=O. The lowest BCUT2D eigenvalue weighted by Crippen LogP contribution is -1.75. The molecule has 0 amide bonds. The number of rotatable bonds is 2. The summed E-state index contributed by atoms with van der Waals surface area (Å²) in [6.45, 7) is 3.17. The summed E-state index contributed by atoms with van der Waals surface area (Å²) in [5, 5.41) is 0. The zero-order valence-corrected chi connectivity index (χ0v) is 3.68. The lowest BCUT2D eigenvalue weighted by Gasteiger charge is -1.68. The van der Waals surface area contributed by atoms with E-state index < -0.39 is 0 Å². The van der Waals surface area contributed by atoms with E-state index in [9.17, 15) is 9.59 Å². The minimum atomic E-state index is -0.0417. The zero-order chi connectivity index (χ0) is 5.70. The van der Waals surface area contributed by atoms with Crippen molar-refractivity contribution in [2.24, 2.45) is 0 Å². The Labute approximate surface area is 41.1 Å². The van der Waals surface area contributed by atoms with Crippen molar-refractivity contribution in [2.75, 3.05) is 0 Å². The Morgan fingerprint density at radius 2 is 2.29 bits per heavy atom. The molecule has 0 heterocycles. The fourth-order valence-corrected chi connectivity index (χ4v) is 0.114. The number of carbonyl (C=O) groups excluding carboxylic acids is 2. The summed E-state index contributed by atoms with van der Waals surface area (Å²) in [7, 11) is 0. The largest absolute Gasteiger partial charge is 0.297 e. The third-order valence-corrected chi connectivity index (χ3v) is 0.465. The maximum atomic E-state index is 9.60. The van der Waals surface area contributed by atoms with Gasteiger partial charge in [-0.3, -0.25) is 4.79 Å². The van der Waals surface area contributed by atoms with Crippen LogP contribution in [0.2, 0.25) is 0 Å². The number of hydrogen-bond donors (Lipinski definition) is 0. The molecule has 0 aromatic rings. The van der Waals surface area contributed by atoms with E-state index in [1.54, 1.807) is 0 Å². The van der Waals surface area contributed by atoms with Crippen molar-refractivity contribution in [1.82, 2.24) is 0 Å². The maximum absolute atomic E-state index is 9.60. The van der Waals surface area contributed by atoms with Crippen LogP contribution in [0.4, 0.5) is 0 Å². The molecule has 0 saturated carbocycles. The Morgan fingerprint density at radius 1 is 1.71 bits per heavy atom. The summed E-state index contributed by atoms with van der Waals surface area (Å²) in [5.74, 6) is 1.38. The third kappa shape index (κ3) is 1.68. The van der Waals surface area contributed by atoms with E-state index in [0.717, 1.165) is 6.08 Å². The van der Waals surface area contributed by atoms with Gasteiger partial charge in [0.15, 0.2) is 6.29 Å². The summed E-state index contributed by atoms with van der Waals surface area (Å²) in [6, 6.07) is 0. The first-order valence-corrected chi connectivity index (χ1v) is 1.68. The van der Waals surface area contributed by atoms with E-state index in [0.29, 0.717) is 6.29 Å². The summed E-state index contributed by atoms with van der Waals surface area (Å²) in [6.07, 6.45) is 1.56. The van der Waals surface area contributed by atoms with Crippen molar-refractivity contribution in [2.45, 2.75) is 0 Å². The first kappa shape index (κ1) is 5.86. The maximum Gasteiger partial charge on any atom is 0.161 e. The predicted molar refractivity (Wildman–Crippen MR) is 25.5 cm³/mol. The van der Waals surface area contributed by atoms with Gasteiger partial charge in [0.25, 0.3) is 0 Å². The van der Waals surface area contributed by atoms with Gasteiger partial charge in [-0.15, -0.1) is 0 Å². The predicted octanol–water partition coefficient (Wildman–Crippen LogP) is 0.129. The normalized spacial score (nSPS) is 6.29. The number of carbonyl (C=O) groups is 1. The molecule has 0 rings (SSSR count). The molecule has 0 aliphatic rings. The second-order valence-corrected chi connectivity index (χ2v) is 0.879. The van der Waals surface area contributed by atoms with E-state index in [2.05, 4.69) is 6.58 Å². The highest BCUT2D eigenvalue weighted by Gasteiger charge is 1.80. The molecule has 0 atom stereocenters. The minimum Gasteiger partial charge on any atom is -0.297 e. The van der Waals surface area contributed by atoms with Gasteiger partial charge >= 0.3 is 0 Å². The van der Waals surface area contributed by atoms with Crippen LogP contribution in [0.5, 0.6) is 0 Å². The van der Waals surface area contributed by atoms with E-state index in [1.165, 1.54) is 5.94 Å². The Morgan fingerprint density at radius 3 is 2.29 bits per heavy atom. The number of allylic oxidation sites excluding steroid dienone is 2. The molecular weight excluding hydrogens is 92.1 g/mol. The summed E-state index contributed by atoms with van der Waals surface area (Å²) in [4.78, 5) is 19.1. The van der Waals surface area contributed by atoms with Gasteiger partial charge < -0.3 is 0 Å². The Balaban J connectivity index is 4.14. The second kappa shape index (κ2) is 3.07. The quantitative estimate of drug-likeness (QED) is 0.212. The minimum absolute atomic E-state index is 0.0417. The van der Waals surface area contributed by atoms with Gasteiger partial charge in [0.2, 0.25) is 0 Å². The molecule has 0 unspecified atom stereocenters. The Kier molecular flexibility index (Phi) is 2.57. The average Bonchev–Trinajstić information content (AvgIpc) is 1.72. The highest BCUT2D eigenvalue weighted by molar-refractivity contribution is 5.88. The number of aldehydes is 1. The average molecular weight is 96.1 g/mol. The topological polar surface area (TPSA) is 34.1 Å². The van der Waals surface area contributed by atoms with Crippen LogP contribution in [0.3, 0.4) is 0 Å². The molecular formula is C5H4O2. The van der Waals surface area contributed by atoms with Gasteiger partial charge in [-0.05, 0) is 6.08 Å². The summed E-state index contributed by atoms with van der Waals surface area (Å²) >= 11 is 0. The Hall–Kier alpha value is -1.14. The zero-order valence-electron chi connectivity index (χ0n) is 3.68. The van der Waals surface area contributed by atoms with Gasteiger partial charge in [-0.25, -0.2) is 4.79 Å². The van der Waals surface area contributed by atoms with Crippen molar-refractivity contribution in [3.05, 3.63) is 18.2 Å². The first-order valence-electron chi connectivity index (χ1n) is 1.68. The van der Waals surface area contributed by atoms with Crippen LogP contribution in [0.15, 0.2) is 18.2 Å². The van der Waals surface area contributed by atoms with E-state index in [-0.39, 0.29) is 5.57 Å². The van der Waals surface area contributed by atoms with Crippen molar-refractivity contribution in [1.29, 1.82) is 0 Å². The van der Waals surface area contributed by atoms with Gasteiger partial charge in [0.05, 0.1) is 5.57 Å². The molecule has 0 aliphatic heterocycles. The van der Waals surface area contributed by atoms with Crippen LogP contribution in [0, 0.1) is 0 Å². The molecule has 0 aromatic heterocycles. The van der Waals surface area contributed by atoms with E-state index in [4.69, 9.17) is 0 Å². The molecule has 0 spiro atoms. The van der Waals surface area contributed by atoms with Crippen LogP contribution in [-0.2, 0) is 9.59 Å². The lowest BCUT2D eigenvalue weighted by molar-refractivity contribution is -0.104. The smallest absolute Gasteiger partial charge is 0.161 e. The highest BCUT2D eigenvalue weighted by Crippen LogP contribution is 1.77. The van der Waals surface area contributed by atoms with Crippen LogP contribution in [-0.4, -0.2) is 12.2 Å². The molecule has 0 fully saturated rings. The van der Waals surface area contributed by atoms with Crippen LogP contribution in [0.25, 0.3) is 0 Å². The molecule has 36 valence electrons. The van der Waals surface area contributed by atoms with Gasteiger partial charge in [-0.1, -0.05) is 6.58 Å². The van der Waals surface area contributed by atoms with Crippen LogP contribution >= 0.6 is 0 Å². The third-order valence-electron chi connectivity index (χ3n) is 0.465.